The summed E-state index contributed by atoms with van der Waals surface area (Å²) >= 11 is 3.50. The molecule has 0 bridgehead atoms. The van der Waals surface area contributed by atoms with E-state index >= 15 is 0 Å². The topological polar surface area (TPSA) is 21.7 Å². The highest BCUT2D eigenvalue weighted by atomic mass is 79.9. The molecule has 1 aromatic rings. The molecule has 0 saturated carbocycles. The number of nitrogens with zero attached hydrogens (tertiary/aromatic N) is 1. The average Bonchev–Trinajstić information content (AvgIpc) is 2.71. The number of hydrogen-bond acceptors (Lipinski definition) is 3. The predicted octanol–water partition coefficient (Wildman–Crippen LogP) is 2.08. The summed E-state index contributed by atoms with van der Waals surface area (Å²) in [6, 6.07) is 6.25. The zero-order valence-electron chi connectivity index (χ0n) is 9.69. The molecular weight excluding hydrogens is 282 g/mol. The van der Waals surface area contributed by atoms with Crippen LogP contribution in [-0.4, -0.2) is 43.9 Å². The molecule has 0 N–H and O–H groups in total. The predicted molar refractivity (Wildman–Crippen MR) is 69.5 cm³/mol. The lowest BCUT2D eigenvalue weighted by Gasteiger charge is -2.28. The van der Waals surface area contributed by atoms with Gasteiger partial charge in [-0.25, -0.2) is 0 Å². The van der Waals surface area contributed by atoms with Crippen LogP contribution < -0.4 is 4.74 Å². The van der Waals surface area contributed by atoms with E-state index in [0.29, 0.717) is 6.10 Å². The fraction of sp³-hybridized carbons (Fsp3) is 0.538. The number of halogens is 1. The molecule has 4 heteroatoms. The fourth-order valence-corrected chi connectivity index (χ4v) is 2.87. The standard InChI is InChI=1S/C13H16BrNO2/c14-11-1-2-13-10(7-11)8-12(17-13)9-15-3-5-16-6-4-15/h1-2,7,12H,3-6,8-9H2. The Morgan fingerprint density at radius 2 is 2.12 bits per heavy atom. The Hall–Kier alpha value is -0.580. The van der Waals surface area contributed by atoms with Crippen LogP contribution in [0.4, 0.5) is 0 Å². The molecule has 1 aromatic carbocycles. The Morgan fingerprint density at radius 1 is 1.29 bits per heavy atom. The van der Waals surface area contributed by atoms with E-state index in [0.717, 1.165) is 49.5 Å². The van der Waals surface area contributed by atoms with Crippen LogP contribution >= 0.6 is 15.9 Å². The Labute approximate surface area is 110 Å². The zero-order chi connectivity index (χ0) is 11.7. The van der Waals surface area contributed by atoms with E-state index in [1.54, 1.807) is 0 Å². The van der Waals surface area contributed by atoms with Crippen molar-refractivity contribution in [3.8, 4) is 5.75 Å². The van der Waals surface area contributed by atoms with E-state index in [2.05, 4.69) is 33.0 Å². The second-order valence-electron chi connectivity index (χ2n) is 4.61. The number of benzene rings is 1. The van der Waals surface area contributed by atoms with Gasteiger partial charge in [-0.15, -0.1) is 0 Å². The molecule has 1 unspecified atom stereocenters. The number of fused-ring (bicyclic) bond motifs is 1. The number of rotatable bonds is 2. The van der Waals surface area contributed by atoms with E-state index in [9.17, 15) is 0 Å². The fourth-order valence-electron chi connectivity index (χ4n) is 2.46. The van der Waals surface area contributed by atoms with Gasteiger partial charge in [-0.2, -0.15) is 0 Å². The van der Waals surface area contributed by atoms with E-state index in [1.807, 2.05) is 6.07 Å². The molecule has 2 heterocycles. The van der Waals surface area contributed by atoms with Gasteiger partial charge in [0.15, 0.2) is 0 Å². The van der Waals surface area contributed by atoms with Crippen molar-refractivity contribution in [2.75, 3.05) is 32.8 Å². The third-order valence-corrected chi connectivity index (χ3v) is 3.82. The minimum Gasteiger partial charge on any atom is -0.488 e. The SMILES string of the molecule is Brc1ccc2c(c1)CC(CN1CCOCC1)O2. The Kier molecular flexibility index (Phi) is 3.36. The molecule has 0 spiro atoms. The van der Waals surface area contributed by atoms with Crippen LogP contribution in [0.1, 0.15) is 5.56 Å². The Morgan fingerprint density at radius 3 is 2.94 bits per heavy atom. The van der Waals surface area contributed by atoms with Crippen molar-refractivity contribution in [3.05, 3.63) is 28.2 Å². The summed E-state index contributed by atoms with van der Waals surface area (Å²) in [5, 5.41) is 0. The highest BCUT2D eigenvalue weighted by Crippen LogP contribution is 2.31. The first-order valence-corrected chi connectivity index (χ1v) is 6.86. The van der Waals surface area contributed by atoms with Crippen LogP contribution in [0.5, 0.6) is 5.75 Å². The third-order valence-electron chi connectivity index (χ3n) is 3.33. The van der Waals surface area contributed by atoms with Crippen molar-refractivity contribution >= 4 is 15.9 Å². The first kappa shape index (κ1) is 11.5. The quantitative estimate of drug-likeness (QED) is 0.834. The molecule has 1 fully saturated rings. The summed E-state index contributed by atoms with van der Waals surface area (Å²) in [4.78, 5) is 2.43. The molecular formula is C13H16BrNO2. The highest BCUT2D eigenvalue weighted by Gasteiger charge is 2.25. The highest BCUT2D eigenvalue weighted by molar-refractivity contribution is 9.10. The van der Waals surface area contributed by atoms with Crippen molar-refractivity contribution in [2.45, 2.75) is 12.5 Å². The van der Waals surface area contributed by atoms with E-state index in [4.69, 9.17) is 9.47 Å². The van der Waals surface area contributed by atoms with Crippen molar-refractivity contribution in [1.82, 2.24) is 4.90 Å². The lowest BCUT2D eigenvalue weighted by Crippen LogP contribution is -2.42. The second kappa shape index (κ2) is 4.96. The second-order valence-corrected chi connectivity index (χ2v) is 5.52. The van der Waals surface area contributed by atoms with Gasteiger partial charge in [0.05, 0.1) is 13.2 Å². The van der Waals surface area contributed by atoms with Crippen molar-refractivity contribution in [2.24, 2.45) is 0 Å². The summed E-state index contributed by atoms with van der Waals surface area (Å²) in [6.07, 6.45) is 1.32. The molecule has 17 heavy (non-hydrogen) atoms. The van der Waals surface area contributed by atoms with Crippen LogP contribution in [-0.2, 0) is 11.2 Å². The molecule has 92 valence electrons. The summed E-state index contributed by atoms with van der Waals surface area (Å²) in [7, 11) is 0. The normalized spacial score (nSPS) is 24.4. The molecule has 0 aliphatic carbocycles. The lowest BCUT2D eigenvalue weighted by molar-refractivity contribution is 0.0223. The van der Waals surface area contributed by atoms with Crippen LogP contribution in [0.15, 0.2) is 22.7 Å². The van der Waals surface area contributed by atoms with Gasteiger partial charge < -0.3 is 9.47 Å². The number of morpholine rings is 1. The summed E-state index contributed by atoms with van der Waals surface area (Å²) in [5.41, 5.74) is 1.32. The minimum absolute atomic E-state index is 0.303. The van der Waals surface area contributed by atoms with Crippen LogP contribution in [0.2, 0.25) is 0 Å². The van der Waals surface area contributed by atoms with Gasteiger partial charge >= 0.3 is 0 Å². The molecule has 2 aliphatic heterocycles. The Bertz CT molecular complexity index is 404. The molecule has 0 aromatic heterocycles. The molecule has 0 radical (unpaired) electrons. The molecule has 0 amide bonds. The largest absolute Gasteiger partial charge is 0.488 e. The van der Waals surface area contributed by atoms with Gasteiger partial charge in [-0.3, -0.25) is 4.90 Å². The maximum absolute atomic E-state index is 5.96. The van der Waals surface area contributed by atoms with Gasteiger partial charge in [0, 0.05) is 30.5 Å². The first-order chi connectivity index (χ1) is 8.31. The lowest BCUT2D eigenvalue weighted by atomic mass is 10.1. The van der Waals surface area contributed by atoms with Gasteiger partial charge in [0.25, 0.3) is 0 Å². The third kappa shape index (κ3) is 2.64. The number of hydrogen-bond donors (Lipinski definition) is 0. The van der Waals surface area contributed by atoms with Crippen molar-refractivity contribution in [1.29, 1.82) is 0 Å². The van der Waals surface area contributed by atoms with E-state index in [-0.39, 0.29) is 0 Å². The molecule has 3 rings (SSSR count). The zero-order valence-corrected chi connectivity index (χ0v) is 11.3. The smallest absolute Gasteiger partial charge is 0.123 e. The first-order valence-electron chi connectivity index (χ1n) is 6.06. The summed E-state index contributed by atoms with van der Waals surface area (Å²) in [5.74, 6) is 1.05. The average molecular weight is 298 g/mol. The summed E-state index contributed by atoms with van der Waals surface area (Å²) < 4.78 is 12.4. The van der Waals surface area contributed by atoms with E-state index < -0.39 is 0 Å². The van der Waals surface area contributed by atoms with Crippen LogP contribution in [0, 0.1) is 0 Å². The van der Waals surface area contributed by atoms with Gasteiger partial charge in [-0.1, -0.05) is 15.9 Å². The maximum atomic E-state index is 5.96. The van der Waals surface area contributed by atoms with Crippen molar-refractivity contribution < 1.29 is 9.47 Å². The Balaban J connectivity index is 1.61. The monoisotopic (exact) mass is 297 g/mol. The van der Waals surface area contributed by atoms with Crippen LogP contribution in [0.3, 0.4) is 0 Å². The minimum atomic E-state index is 0.303. The molecule has 3 nitrogen and oxygen atoms in total. The molecule has 1 saturated heterocycles. The molecule has 1 atom stereocenters. The maximum Gasteiger partial charge on any atom is 0.123 e. The number of ether oxygens (including phenoxy) is 2. The molecule has 2 aliphatic rings. The van der Waals surface area contributed by atoms with E-state index in [1.165, 1.54) is 5.56 Å². The van der Waals surface area contributed by atoms with Crippen molar-refractivity contribution in [3.63, 3.8) is 0 Å². The van der Waals surface area contributed by atoms with Gasteiger partial charge in [0.1, 0.15) is 11.9 Å². The van der Waals surface area contributed by atoms with Crippen LogP contribution in [0.25, 0.3) is 0 Å². The summed E-state index contributed by atoms with van der Waals surface area (Å²) in [6.45, 7) is 4.77. The van der Waals surface area contributed by atoms with Gasteiger partial charge in [0.2, 0.25) is 0 Å². The van der Waals surface area contributed by atoms with Gasteiger partial charge in [-0.05, 0) is 23.8 Å².